The van der Waals surface area contributed by atoms with E-state index in [2.05, 4.69) is 14.7 Å². The lowest BCUT2D eigenvalue weighted by Gasteiger charge is -2.26. The molecule has 0 bridgehead atoms. The minimum Gasteiger partial charge on any atom is -0.388 e. The molecule has 0 saturated heterocycles. The highest BCUT2D eigenvalue weighted by Gasteiger charge is 2.26. The van der Waals surface area contributed by atoms with Gasteiger partial charge in [-0.25, -0.2) is 23.1 Å². The molecule has 0 amide bonds. The summed E-state index contributed by atoms with van der Waals surface area (Å²) >= 11 is 0. The van der Waals surface area contributed by atoms with Crippen LogP contribution >= 0.6 is 0 Å². The smallest absolute Gasteiger partial charge is 0.209 e. The molecule has 0 fully saturated rings. The first-order chi connectivity index (χ1) is 11.6. The van der Waals surface area contributed by atoms with Gasteiger partial charge in [0.15, 0.2) is 5.82 Å². The number of benzene rings is 1. The van der Waals surface area contributed by atoms with Crippen molar-refractivity contribution >= 4 is 37.8 Å². The van der Waals surface area contributed by atoms with Crippen molar-refractivity contribution in [3.05, 3.63) is 30.1 Å². The highest BCUT2D eigenvalue weighted by Crippen LogP contribution is 2.29. The van der Waals surface area contributed by atoms with Crippen LogP contribution in [0.3, 0.4) is 0 Å². The van der Waals surface area contributed by atoms with E-state index in [0.717, 1.165) is 17.2 Å². The number of rotatable bonds is 5. The Kier molecular flexibility index (Phi) is 4.18. The molecular weight excluding hydrogens is 342 g/mol. The molecule has 0 aliphatic carbocycles. The third-order valence-electron chi connectivity index (χ3n) is 3.85. The van der Waals surface area contributed by atoms with Crippen molar-refractivity contribution in [2.24, 2.45) is 0 Å². The van der Waals surface area contributed by atoms with E-state index >= 15 is 0 Å². The van der Waals surface area contributed by atoms with E-state index in [1.54, 1.807) is 18.4 Å². The molecule has 0 atom stereocenters. The van der Waals surface area contributed by atoms with Crippen LogP contribution in [0.2, 0.25) is 0 Å². The molecular formula is C16H21N5O3S. The van der Waals surface area contributed by atoms with Gasteiger partial charge in [0.05, 0.1) is 17.3 Å². The fourth-order valence-electron chi connectivity index (χ4n) is 3.13. The lowest BCUT2D eigenvalue weighted by molar-refractivity contribution is 0.260. The first-order valence-electron chi connectivity index (χ1n) is 7.74. The van der Waals surface area contributed by atoms with E-state index in [1.165, 1.54) is 0 Å². The lowest BCUT2D eigenvalue weighted by Crippen LogP contribution is -2.46. The molecule has 2 aromatic heterocycles. The van der Waals surface area contributed by atoms with E-state index in [1.807, 2.05) is 24.3 Å². The van der Waals surface area contributed by atoms with E-state index < -0.39 is 15.6 Å². The van der Waals surface area contributed by atoms with Crippen molar-refractivity contribution < 1.29 is 13.5 Å². The molecule has 9 heteroatoms. The fraction of sp³-hybridized carbons (Fsp3) is 0.375. The molecule has 1 aromatic carbocycles. The molecule has 0 aliphatic heterocycles. The summed E-state index contributed by atoms with van der Waals surface area (Å²) in [5, 5.41) is 10.6. The van der Waals surface area contributed by atoms with Crippen LogP contribution in [0.5, 0.6) is 0 Å². The first-order valence-corrected chi connectivity index (χ1v) is 9.63. The number of imidazole rings is 1. The summed E-state index contributed by atoms with van der Waals surface area (Å²) in [6.45, 7) is 3.53. The largest absolute Gasteiger partial charge is 0.388 e. The molecule has 8 nitrogen and oxygen atoms in total. The van der Waals surface area contributed by atoms with Crippen LogP contribution in [0.4, 0.5) is 5.82 Å². The number of nitrogens with two attached hydrogens (primary N) is 1. The first kappa shape index (κ1) is 17.6. The average molecular weight is 363 g/mol. The van der Waals surface area contributed by atoms with Crippen LogP contribution in [-0.4, -0.2) is 39.9 Å². The van der Waals surface area contributed by atoms with Gasteiger partial charge < -0.3 is 15.4 Å². The molecule has 0 spiro atoms. The molecule has 134 valence electrons. The zero-order valence-electron chi connectivity index (χ0n) is 14.3. The number of pyridine rings is 1. The van der Waals surface area contributed by atoms with Gasteiger partial charge in [0.1, 0.15) is 17.9 Å². The number of nitrogens with zero attached hydrogens (tertiary/aromatic N) is 3. The number of hydrogen-bond acceptors (Lipinski definition) is 6. The Morgan fingerprint density at radius 1 is 1.28 bits per heavy atom. The van der Waals surface area contributed by atoms with Gasteiger partial charge in [-0.1, -0.05) is 18.2 Å². The number of aliphatic hydroxyl groups excluding tert-OH is 1. The van der Waals surface area contributed by atoms with Crippen LogP contribution < -0.4 is 10.5 Å². The van der Waals surface area contributed by atoms with Gasteiger partial charge >= 0.3 is 0 Å². The summed E-state index contributed by atoms with van der Waals surface area (Å²) in [6.07, 6.45) is 1.12. The highest BCUT2D eigenvalue weighted by molar-refractivity contribution is 7.88. The van der Waals surface area contributed by atoms with Crippen LogP contribution in [0.25, 0.3) is 21.9 Å². The van der Waals surface area contributed by atoms with Gasteiger partial charge in [0, 0.05) is 17.5 Å². The number of aromatic nitrogens is 3. The quantitative estimate of drug-likeness (QED) is 0.621. The zero-order chi connectivity index (χ0) is 18.4. The number of para-hydroxylation sites is 1. The number of nitrogens with one attached hydrogen (secondary N) is 1. The Hall–Kier alpha value is -2.23. The maximum atomic E-state index is 11.6. The molecule has 0 aliphatic rings. The van der Waals surface area contributed by atoms with Crippen molar-refractivity contribution in [1.82, 2.24) is 19.3 Å². The van der Waals surface area contributed by atoms with Crippen molar-refractivity contribution in [3.8, 4) is 0 Å². The Morgan fingerprint density at radius 2 is 1.96 bits per heavy atom. The average Bonchev–Trinajstić information content (AvgIpc) is 2.83. The second-order valence-electron chi connectivity index (χ2n) is 6.74. The summed E-state index contributed by atoms with van der Waals surface area (Å²) < 4.78 is 27.7. The molecule has 0 radical (unpaired) electrons. The summed E-state index contributed by atoms with van der Waals surface area (Å²) in [5.41, 5.74) is 7.20. The second-order valence-corrected chi connectivity index (χ2v) is 8.49. The molecule has 3 aromatic rings. The van der Waals surface area contributed by atoms with Crippen LogP contribution in [0, 0.1) is 0 Å². The number of aliphatic hydroxyl groups is 1. The minimum absolute atomic E-state index is 0.274. The summed E-state index contributed by atoms with van der Waals surface area (Å²) in [7, 11) is -3.39. The predicted molar refractivity (Wildman–Crippen MR) is 97.4 cm³/mol. The highest BCUT2D eigenvalue weighted by atomic mass is 32.2. The predicted octanol–water partition coefficient (Wildman–Crippen LogP) is 0.987. The monoisotopic (exact) mass is 363 g/mol. The maximum Gasteiger partial charge on any atom is 0.209 e. The molecule has 0 unspecified atom stereocenters. The van der Waals surface area contributed by atoms with Crippen LogP contribution in [0.1, 0.15) is 19.7 Å². The number of anilines is 1. The lowest BCUT2D eigenvalue weighted by atomic mass is 10.1. The van der Waals surface area contributed by atoms with Gasteiger partial charge in [0.2, 0.25) is 10.0 Å². The molecule has 0 saturated carbocycles. The van der Waals surface area contributed by atoms with Gasteiger partial charge in [-0.05, 0) is 19.9 Å². The third-order valence-corrected chi connectivity index (χ3v) is 4.77. The molecule has 2 heterocycles. The summed E-state index contributed by atoms with van der Waals surface area (Å²) in [6, 6.07) is 7.50. The van der Waals surface area contributed by atoms with Crippen LogP contribution in [0.15, 0.2) is 24.3 Å². The number of nitrogen functional groups attached to an aromatic ring is 1. The van der Waals surface area contributed by atoms with Crippen LogP contribution in [-0.2, 0) is 23.2 Å². The standard InChI is InChI=1S/C16H21N5O3S/c1-16(2,20-25(3,23)24)9-21-12(8-22)19-13-14(21)10-6-4-5-7-11(10)18-15(13)17/h4-7,20,22H,8-9H2,1-3H3,(H2,17,18). The number of sulfonamides is 1. The van der Waals surface area contributed by atoms with Gasteiger partial charge in [-0.2, -0.15) is 0 Å². The Morgan fingerprint density at radius 3 is 2.60 bits per heavy atom. The normalized spacial score (nSPS) is 13.0. The van der Waals surface area contributed by atoms with Gasteiger partial charge in [-0.3, -0.25) is 0 Å². The van der Waals surface area contributed by atoms with Crippen molar-refractivity contribution in [3.63, 3.8) is 0 Å². The molecule has 4 N–H and O–H groups in total. The van der Waals surface area contributed by atoms with Gasteiger partial charge in [0.25, 0.3) is 0 Å². The Balaban J connectivity index is 2.26. The Bertz CT molecular complexity index is 1060. The van der Waals surface area contributed by atoms with Crippen molar-refractivity contribution in [1.29, 1.82) is 0 Å². The summed E-state index contributed by atoms with van der Waals surface area (Å²) in [5.74, 6) is 0.680. The van der Waals surface area contributed by atoms with Crippen molar-refractivity contribution in [2.75, 3.05) is 12.0 Å². The summed E-state index contributed by atoms with van der Waals surface area (Å²) in [4.78, 5) is 8.77. The molecule has 25 heavy (non-hydrogen) atoms. The van der Waals surface area contributed by atoms with E-state index in [9.17, 15) is 13.5 Å². The minimum atomic E-state index is -3.39. The SMILES string of the molecule is CC(C)(Cn1c(CO)nc2c(N)nc3ccccc3c21)NS(C)(=O)=O. The number of hydrogen-bond donors (Lipinski definition) is 3. The maximum absolute atomic E-state index is 11.6. The second kappa shape index (κ2) is 5.94. The van der Waals surface area contributed by atoms with Crippen molar-refractivity contribution in [2.45, 2.75) is 32.5 Å². The zero-order valence-corrected chi connectivity index (χ0v) is 15.1. The van der Waals surface area contributed by atoms with E-state index in [4.69, 9.17) is 5.73 Å². The molecule has 3 rings (SSSR count). The fourth-order valence-corrected chi connectivity index (χ4v) is 4.19. The van der Waals surface area contributed by atoms with E-state index in [0.29, 0.717) is 16.9 Å². The topological polar surface area (TPSA) is 123 Å². The van der Waals surface area contributed by atoms with Gasteiger partial charge in [-0.15, -0.1) is 0 Å². The third kappa shape index (κ3) is 3.44. The number of fused-ring (bicyclic) bond motifs is 3. The Labute approximate surface area is 145 Å². The van der Waals surface area contributed by atoms with E-state index in [-0.39, 0.29) is 19.0 Å².